The fourth-order valence-corrected chi connectivity index (χ4v) is 1.89. The highest BCUT2D eigenvalue weighted by atomic mass is 19.1. The second kappa shape index (κ2) is 9.56. The molecular weight excluding hydrogens is 330 g/mol. The number of ketones is 1. The SMILES string of the molecule is CC.CCC(C)C(=O)c1c(C=O)ncnc1Oc1c(F)cccc1F. The summed E-state index contributed by atoms with van der Waals surface area (Å²) >= 11 is 0. The third-order valence-electron chi connectivity index (χ3n) is 3.38. The minimum Gasteiger partial charge on any atom is -0.432 e. The first-order valence-electron chi connectivity index (χ1n) is 7.95. The van der Waals surface area contributed by atoms with Crippen LogP contribution in [0.3, 0.4) is 0 Å². The number of nitrogens with zero attached hydrogens (tertiary/aromatic N) is 2. The summed E-state index contributed by atoms with van der Waals surface area (Å²) in [6, 6.07) is 3.20. The maximum atomic E-state index is 13.7. The Bertz CT molecular complexity index is 731. The molecule has 0 radical (unpaired) electrons. The molecule has 0 spiro atoms. The molecule has 25 heavy (non-hydrogen) atoms. The van der Waals surface area contributed by atoms with E-state index in [1.165, 1.54) is 6.07 Å². The molecule has 1 atom stereocenters. The highest BCUT2D eigenvalue weighted by molar-refractivity contribution is 6.04. The first kappa shape index (κ1) is 20.3. The average molecular weight is 350 g/mol. The van der Waals surface area contributed by atoms with Gasteiger partial charge < -0.3 is 4.74 Å². The summed E-state index contributed by atoms with van der Waals surface area (Å²) in [5, 5.41) is 0. The molecule has 0 amide bonds. The molecule has 1 aromatic carbocycles. The number of halogens is 2. The molecule has 1 unspecified atom stereocenters. The molecule has 7 heteroatoms. The van der Waals surface area contributed by atoms with Crippen molar-refractivity contribution in [3.63, 3.8) is 0 Å². The van der Waals surface area contributed by atoms with Gasteiger partial charge in [-0.15, -0.1) is 0 Å². The fourth-order valence-electron chi connectivity index (χ4n) is 1.89. The third-order valence-corrected chi connectivity index (χ3v) is 3.38. The minimum atomic E-state index is -0.946. The van der Waals surface area contributed by atoms with Crippen LogP contribution in [0.4, 0.5) is 8.78 Å². The molecule has 0 fully saturated rings. The van der Waals surface area contributed by atoms with Gasteiger partial charge in [0.05, 0.1) is 0 Å². The lowest BCUT2D eigenvalue weighted by molar-refractivity contribution is 0.0918. The predicted octanol–water partition coefficient (Wildman–Crippen LogP) is 4.61. The minimum absolute atomic E-state index is 0.181. The Hall–Kier alpha value is -2.70. The molecule has 0 saturated heterocycles. The predicted molar refractivity (Wildman–Crippen MR) is 89.0 cm³/mol. The number of rotatable bonds is 6. The van der Waals surface area contributed by atoms with Crippen LogP contribution >= 0.6 is 0 Å². The summed E-state index contributed by atoms with van der Waals surface area (Å²) in [5.74, 6) is -3.79. The normalized spacial score (nSPS) is 11.1. The van der Waals surface area contributed by atoms with Gasteiger partial charge in [-0.1, -0.05) is 33.8 Å². The van der Waals surface area contributed by atoms with E-state index in [2.05, 4.69) is 9.97 Å². The number of aromatic nitrogens is 2. The van der Waals surface area contributed by atoms with Gasteiger partial charge in [0.25, 0.3) is 0 Å². The van der Waals surface area contributed by atoms with Gasteiger partial charge in [-0.3, -0.25) is 9.59 Å². The Morgan fingerprint density at radius 2 is 1.84 bits per heavy atom. The van der Waals surface area contributed by atoms with E-state index in [0.717, 1.165) is 18.5 Å². The van der Waals surface area contributed by atoms with E-state index in [1.54, 1.807) is 13.8 Å². The first-order valence-corrected chi connectivity index (χ1v) is 7.95. The van der Waals surface area contributed by atoms with Crippen molar-refractivity contribution in [3.8, 4) is 11.6 Å². The zero-order valence-corrected chi connectivity index (χ0v) is 14.5. The van der Waals surface area contributed by atoms with Crippen molar-refractivity contribution in [3.05, 3.63) is 47.4 Å². The third kappa shape index (κ3) is 4.65. The lowest BCUT2D eigenvalue weighted by Gasteiger charge is -2.13. The summed E-state index contributed by atoms with van der Waals surface area (Å²) < 4.78 is 32.6. The molecule has 0 aliphatic carbocycles. The maximum absolute atomic E-state index is 13.7. The van der Waals surface area contributed by atoms with E-state index in [0.29, 0.717) is 12.7 Å². The summed E-state index contributed by atoms with van der Waals surface area (Å²) in [6.45, 7) is 7.46. The Morgan fingerprint density at radius 1 is 1.24 bits per heavy atom. The number of Topliss-reactive ketones (excluding diaryl/α,β-unsaturated/α-hetero) is 1. The number of hydrogen-bond acceptors (Lipinski definition) is 5. The number of carbonyl (C=O) groups excluding carboxylic acids is 2. The van der Waals surface area contributed by atoms with Crippen molar-refractivity contribution in [1.82, 2.24) is 9.97 Å². The van der Waals surface area contributed by atoms with Gasteiger partial charge in [0, 0.05) is 5.92 Å². The molecule has 0 bridgehead atoms. The van der Waals surface area contributed by atoms with Crippen molar-refractivity contribution in [2.45, 2.75) is 34.1 Å². The molecular formula is C18H20F2N2O3. The lowest BCUT2D eigenvalue weighted by Crippen LogP contribution is -2.16. The lowest BCUT2D eigenvalue weighted by atomic mass is 9.97. The summed E-state index contributed by atoms with van der Waals surface area (Å²) in [4.78, 5) is 31.0. The topological polar surface area (TPSA) is 69.2 Å². The Morgan fingerprint density at radius 3 is 2.36 bits per heavy atom. The Balaban J connectivity index is 0.00000151. The molecule has 0 saturated carbocycles. The quantitative estimate of drug-likeness (QED) is 0.562. The summed E-state index contributed by atoms with van der Waals surface area (Å²) in [7, 11) is 0. The van der Waals surface area contributed by atoms with E-state index < -0.39 is 29.1 Å². The highest BCUT2D eigenvalue weighted by Crippen LogP contribution is 2.30. The number of benzene rings is 1. The van der Waals surface area contributed by atoms with Crippen LogP contribution in [0.2, 0.25) is 0 Å². The number of aldehydes is 1. The van der Waals surface area contributed by atoms with E-state index in [9.17, 15) is 18.4 Å². The van der Waals surface area contributed by atoms with E-state index in [1.807, 2.05) is 13.8 Å². The average Bonchev–Trinajstić information content (AvgIpc) is 2.64. The van der Waals surface area contributed by atoms with Gasteiger partial charge in [0.15, 0.2) is 23.7 Å². The largest absolute Gasteiger partial charge is 0.432 e. The first-order chi connectivity index (χ1) is 12.0. The fraction of sp³-hybridized carbons (Fsp3) is 0.333. The summed E-state index contributed by atoms with van der Waals surface area (Å²) in [6.07, 6.45) is 1.88. The van der Waals surface area contributed by atoms with Gasteiger partial charge in [0.2, 0.25) is 11.6 Å². The van der Waals surface area contributed by atoms with E-state index in [4.69, 9.17) is 4.74 Å². The maximum Gasteiger partial charge on any atom is 0.234 e. The van der Waals surface area contributed by atoms with Crippen molar-refractivity contribution < 1.29 is 23.1 Å². The standard InChI is InChI=1S/C16H14F2N2O3.C2H6/c1-3-9(2)14(22)13-12(7-21)19-8-20-16(13)23-15-10(17)5-4-6-11(15)18;1-2/h4-9H,3H2,1-2H3;1-2H3. The van der Waals surface area contributed by atoms with Crippen molar-refractivity contribution >= 4 is 12.1 Å². The molecule has 1 heterocycles. The molecule has 0 aliphatic rings. The van der Waals surface area contributed by atoms with Gasteiger partial charge >= 0.3 is 0 Å². The number of ether oxygens (including phenoxy) is 1. The van der Waals surface area contributed by atoms with Crippen LogP contribution < -0.4 is 4.74 Å². The van der Waals surface area contributed by atoms with Crippen LogP contribution in [0.5, 0.6) is 11.6 Å². The molecule has 0 N–H and O–H groups in total. The zero-order chi connectivity index (χ0) is 19.0. The monoisotopic (exact) mass is 350 g/mol. The van der Waals surface area contributed by atoms with Crippen LogP contribution in [-0.4, -0.2) is 22.0 Å². The number of carbonyl (C=O) groups is 2. The molecule has 0 aliphatic heterocycles. The van der Waals surface area contributed by atoms with Gasteiger partial charge in [0.1, 0.15) is 17.6 Å². The van der Waals surface area contributed by atoms with Crippen molar-refractivity contribution in [2.75, 3.05) is 0 Å². The second-order valence-electron chi connectivity index (χ2n) is 4.88. The molecule has 134 valence electrons. The zero-order valence-electron chi connectivity index (χ0n) is 14.5. The van der Waals surface area contributed by atoms with Crippen LogP contribution in [0.25, 0.3) is 0 Å². The van der Waals surface area contributed by atoms with Gasteiger partial charge in [-0.2, -0.15) is 0 Å². The number of hydrogen-bond donors (Lipinski definition) is 0. The second-order valence-corrected chi connectivity index (χ2v) is 4.88. The molecule has 2 rings (SSSR count). The number of para-hydroxylation sites is 1. The smallest absolute Gasteiger partial charge is 0.234 e. The molecule has 1 aromatic heterocycles. The summed E-state index contributed by atoms with van der Waals surface area (Å²) in [5.41, 5.74) is -0.364. The van der Waals surface area contributed by atoms with Crippen LogP contribution in [-0.2, 0) is 0 Å². The molecule has 2 aromatic rings. The van der Waals surface area contributed by atoms with Crippen molar-refractivity contribution in [1.29, 1.82) is 0 Å². The van der Waals surface area contributed by atoms with Crippen molar-refractivity contribution in [2.24, 2.45) is 5.92 Å². The molecule has 5 nitrogen and oxygen atoms in total. The Kier molecular flexibility index (Phi) is 7.78. The highest BCUT2D eigenvalue weighted by Gasteiger charge is 2.25. The van der Waals surface area contributed by atoms with Crippen LogP contribution in [0, 0.1) is 17.6 Å². The Labute approximate surface area is 145 Å². The van der Waals surface area contributed by atoms with E-state index in [-0.39, 0.29) is 17.1 Å². The van der Waals surface area contributed by atoms with Crippen LogP contribution in [0.15, 0.2) is 24.5 Å². The van der Waals surface area contributed by atoms with Crippen LogP contribution in [0.1, 0.15) is 55.0 Å². The van der Waals surface area contributed by atoms with Gasteiger partial charge in [-0.25, -0.2) is 18.7 Å². The van der Waals surface area contributed by atoms with Gasteiger partial charge in [-0.05, 0) is 18.6 Å². The van der Waals surface area contributed by atoms with E-state index >= 15 is 0 Å².